The number of nitrogens with one attached hydrogen (secondary N) is 2. The fourth-order valence-electron chi connectivity index (χ4n) is 6.55. The first-order valence-corrected chi connectivity index (χ1v) is 24.5. The first kappa shape index (κ1) is 50.5. The number of aryl methyl sites for hydroxylation is 2. The number of sulfonamides is 2. The molecule has 7 aromatic carbocycles. The summed E-state index contributed by atoms with van der Waals surface area (Å²) in [6.07, 6.45) is 0.822. The smallest absolute Gasteiger partial charge is 0.303 e. The summed E-state index contributed by atoms with van der Waals surface area (Å²) in [6, 6.07) is 48.5. The molecule has 0 unspecified atom stereocenters. The molecule has 0 fully saturated rings. The second kappa shape index (κ2) is 24.8. The molecule has 0 bridgehead atoms. The van der Waals surface area contributed by atoms with Gasteiger partial charge < -0.3 is 29.2 Å². The van der Waals surface area contributed by atoms with E-state index in [0.29, 0.717) is 47.2 Å². The van der Waals surface area contributed by atoms with Gasteiger partial charge in [-0.3, -0.25) is 19.0 Å². The van der Waals surface area contributed by atoms with Crippen molar-refractivity contribution in [1.29, 1.82) is 0 Å². The van der Waals surface area contributed by atoms with Crippen molar-refractivity contribution in [3.8, 4) is 34.1 Å². The maximum absolute atomic E-state index is 13.0. The molecular weight excluding hydrogens is 928 g/mol. The van der Waals surface area contributed by atoms with Crippen molar-refractivity contribution in [2.45, 2.75) is 35.5 Å². The van der Waals surface area contributed by atoms with Crippen LogP contribution < -0.4 is 28.4 Å². The Morgan fingerprint density at radius 3 is 1.22 bits per heavy atom. The highest BCUT2D eigenvalue weighted by Crippen LogP contribution is 2.26. The van der Waals surface area contributed by atoms with Crippen LogP contribution in [0.1, 0.15) is 24.0 Å². The number of rotatable bonds is 23. The third-order valence-corrected chi connectivity index (χ3v) is 12.8. The summed E-state index contributed by atoms with van der Waals surface area (Å²) in [6.45, 7) is 1.04. The van der Waals surface area contributed by atoms with E-state index in [1.807, 2.05) is 66.7 Å². The van der Waals surface area contributed by atoms with E-state index >= 15 is 0 Å². The molecule has 17 heteroatoms. The lowest BCUT2D eigenvalue weighted by Gasteiger charge is -2.12. The highest BCUT2D eigenvalue weighted by atomic mass is 32.2. The van der Waals surface area contributed by atoms with E-state index in [0.717, 1.165) is 34.4 Å². The molecule has 7 aromatic rings. The molecule has 0 aliphatic rings. The molecular formula is C52H49FN2O12S2. The molecule has 7 rings (SSSR count). The lowest BCUT2D eigenvalue weighted by molar-refractivity contribution is -0.138. The maximum Gasteiger partial charge on any atom is 0.303 e. The Morgan fingerprint density at radius 2 is 0.797 bits per heavy atom. The second-order valence-corrected chi connectivity index (χ2v) is 18.4. The number of carbonyl (C=O) groups is 2. The van der Waals surface area contributed by atoms with E-state index in [-0.39, 0.29) is 49.1 Å². The molecule has 0 saturated carbocycles. The number of para-hydroxylation sites is 2. The Bertz CT molecular complexity index is 2980. The lowest BCUT2D eigenvalue weighted by atomic mass is 10.1. The van der Waals surface area contributed by atoms with Crippen molar-refractivity contribution in [2.24, 2.45) is 0 Å². The molecule has 0 radical (unpaired) electrons. The molecule has 0 saturated heterocycles. The van der Waals surface area contributed by atoms with Gasteiger partial charge in [-0.05, 0) is 132 Å². The van der Waals surface area contributed by atoms with Crippen LogP contribution in [0.4, 0.5) is 15.8 Å². The van der Waals surface area contributed by atoms with Crippen LogP contribution in [-0.4, -0.2) is 65.4 Å². The van der Waals surface area contributed by atoms with Crippen LogP contribution in [0.3, 0.4) is 0 Å². The summed E-state index contributed by atoms with van der Waals surface area (Å²) < 4.78 is 91.0. The average Bonchev–Trinajstić information content (AvgIpc) is 3.35. The number of halogens is 1. The summed E-state index contributed by atoms with van der Waals surface area (Å²) in [7, 11) is -7.56. The maximum atomic E-state index is 13.0. The standard InChI is InChI=1S/C29H27NO6S.C23H22FNO6S/c31-29(32)19-12-24-8-4-5-9-28(24)36-21-20-35-26-15-13-25(14-16-26)30-37(33,34)27-17-10-23(11-18-27)22-6-2-1-3-7-22;24-18-6-12-21(13-7-18)32(28,29)25-19-8-10-20(11-9-19)30-15-16-31-22-4-2-1-3-17(22)5-14-23(26)27/h1-11,13-18,30H,12,19-21H2,(H,31,32);1-4,6-13,25H,5,14-16H2,(H,26,27). The minimum Gasteiger partial charge on any atom is -0.490 e. The molecule has 0 aromatic heterocycles. The van der Waals surface area contributed by atoms with Gasteiger partial charge >= 0.3 is 11.9 Å². The molecule has 0 heterocycles. The third kappa shape index (κ3) is 16.1. The van der Waals surface area contributed by atoms with Crippen LogP contribution in [0.25, 0.3) is 11.1 Å². The Labute approximate surface area is 400 Å². The number of ether oxygens (including phenoxy) is 4. The number of carboxylic acid groups (broad SMARTS) is 2. The van der Waals surface area contributed by atoms with Gasteiger partial charge in [0.2, 0.25) is 0 Å². The van der Waals surface area contributed by atoms with Gasteiger partial charge in [-0.25, -0.2) is 21.2 Å². The van der Waals surface area contributed by atoms with Gasteiger partial charge in [0.05, 0.1) is 9.79 Å². The van der Waals surface area contributed by atoms with Crippen LogP contribution in [-0.2, 0) is 42.5 Å². The summed E-state index contributed by atoms with van der Waals surface area (Å²) in [4.78, 5) is 21.7. The van der Waals surface area contributed by atoms with Gasteiger partial charge in [0.1, 0.15) is 55.2 Å². The Hall–Kier alpha value is -7.89. The van der Waals surface area contributed by atoms with Gasteiger partial charge in [0, 0.05) is 24.2 Å². The number of benzene rings is 7. The molecule has 69 heavy (non-hydrogen) atoms. The van der Waals surface area contributed by atoms with Crippen LogP contribution in [0.15, 0.2) is 186 Å². The van der Waals surface area contributed by atoms with E-state index in [1.165, 1.54) is 12.1 Å². The molecule has 4 N–H and O–H groups in total. The van der Waals surface area contributed by atoms with E-state index < -0.39 is 37.8 Å². The molecule has 0 amide bonds. The van der Waals surface area contributed by atoms with Gasteiger partial charge in [-0.2, -0.15) is 0 Å². The predicted octanol–water partition coefficient (Wildman–Crippen LogP) is 9.73. The lowest BCUT2D eigenvalue weighted by Crippen LogP contribution is -2.13. The zero-order valence-corrected chi connectivity index (χ0v) is 38.7. The number of hydrogen-bond acceptors (Lipinski definition) is 10. The largest absolute Gasteiger partial charge is 0.490 e. The van der Waals surface area contributed by atoms with Crippen molar-refractivity contribution in [2.75, 3.05) is 35.9 Å². The third-order valence-electron chi connectivity index (χ3n) is 9.99. The minimum absolute atomic E-state index is 0.0220. The predicted molar refractivity (Wildman–Crippen MR) is 260 cm³/mol. The number of carboxylic acids is 2. The van der Waals surface area contributed by atoms with Gasteiger partial charge in [-0.15, -0.1) is 0 Å². The Balaban J connectivity index is 0.000000229. The van der Waals surface area contributed by atoms with Crippen LogP contribution in [0, 0.1) is 5.82 Å². The van der Waals surface area contributed by atoms with E-state index in [2.05, 4.69) is 9.44 Å². The van der Waals surface area contributed by atoms with Crippen molar-refractivity contribution in [3.63, 3.8) is 0 Å². The van der Waals surface area contributed by atoms with Crippen LogP contribution in [0.2, 0.25) is 0 Å². The van der Waals surface area contributed by atoms with Crippen LogP contribution in [0.5, 0.6) is 23.0 Å². The molecule has 14 nitrogen and oxygen atoms in total. The quantitative estimate of drug-likeness (QED) is 0.0443. The van der Waals surface area contributed by atoms with Gasteiger partial charge in [0.15, 0.2) is 0 Å². The Morgan fingerprint density at radius 1 is 0.435 bits per heavy atom. The first-order valence-electron chi connectivity index (χ1n) is 21.5. The first-order chi connectivity index (χ1) is 33.2. The zero-order chi connectivity index (χ0) is 49.1. The molecule has 0 spiro atoms. The fraction of sp³-hybridized carbons (Fsp3) is 0.154. The summed E-state index contributed by atoms with van der Waals surface area (Å²) in [5.74, 6) is 0.0989. The molecule has 0 aliphatic carbocycles. The molecule has 0 aliphatic heterocycles. The average molecular weight is 977 g/mol. The highest BCUT2D eigenvalue weighted by molar-refractivity contribution is 7.93. The van der Waals surface area contributed by atoms with E-state index in [1.54, 1.807) is 84.9 Å². The van der Waals surface area contributed by atoms with Crippen molar-refractivity contribution < 1.29 is 60.0 Å². The summed E-state index contributed by atoms with van der Waals surface area (Å²) in [5, 5.41) is 17.7. The van der Waals surface area contributed by atoms with Crippen molar-refractivity contribution in [1.82, 2.24) is 0 Å². The number of aliphatic carboxylic acids is 2. The SMILES string of the molecule is O=C(O)CCc1ccccc1OCCOc1ccc(NS(=O)(=O)c2ccc(-c3ccccc3)cc2)cc1.O=C(O)CCc1ccccc1OCCOc1ccc(NS(=O)(=O)c2ccc(F)cc2)cc1. The molecule has 0 atom stereocenters. The topological polar surface area (TPSA) is 204 Å². The molecule has 358 valence electrons. The minimum atomic E-state index is -3.82. The van der Waals surface area contributed by atoms with Crippen molar-refractivity contribution in [3.05, 3.63) is 193 Å². The normalized spacial score (nSPS) is 11.0. The number of anilines is 2. The Kier molecular flexibility index (Phi) is 18.1. The number of hydrogen-bond donors (Lipinski definition) is 4. The van der Waals surface area contributed by atoms with Gasteiger partial charge in [0.25, 0.3) is 20.0 Å². The van der Waals surface area contributed by atoms with Gasteiger partial charge in [-0.1, -0.05) is 78.9 Å². The highest BCUT2D eigenvalue weighted by Gasteiger charge is 2.16. The monoisotopic (exact) mass is 976 g/mol. The van der Waals surface area contributed by atoms with Crippen molar-refractivity contribution >= 4 is 43.4 Å². The van der Waals surface area contributed by atoms with E-state index in [9.17, 15) is 30.8 Å². The second-order valence-electron chi connectivity index (χ2n) is 15.0. The van der Waals surface area contributed by atoms with Crippen LogP contribution >= 0.6 is 0 Å². The fourth-order valence-corrected chi connectivity index (χ4v) is 8.66. The van der Waals surface area contributed by atoms with E-state index in [4.69, 9.17) is 29.2 Å². The zero-order valence-electron chi connectivity index (χ0n) is 37.1. The summed E-state index contributed by atoms with van der Waals surface area (Å²) in [5.41, 5.74) is 4.36. The summed E-state index contributed by atoms with van der Waals surface area (Å²) >= 11 is 0.